The van der Waals surface area contributed by atoms with Gasteiger partial charge >= 0.3 is 0 Å². The molecule has 0 unspecified atom stereocenters. The molecule has 1 aliphatic carbocycles. The van der Waals surface area contributed by atoms with Gasteiger partial charge in [0.1, 0.15) is 6.33 Å². The van der Waals surface area contributed by atoms with Gasteiger partial charge in [-0.05, 0) is 18.6 Å². The number of nitrogens with one attached hydrogen (secondary N) is 1. The summed E-state index contributed by atoms with van der Waals surface area (Å²) >= 11 is 0. The molecule has 1 amide bonds. The Morgan fingerprint density at radius 1 is 1.36 bits per heavy atom. The fourth-order valence-electron chi connectivity index (χ4n) is 3.89. The van der Waals surface area contributed by atoms with E-state index in [-0.39, 0.29) is 30.6 Å². The van der Waals surface area contributed by atoms with E-state index in [0.717, 1.165) is 23.9 Å². The fourth-order valence-corrected chi connectivity index (χ4v) is 3.89. The topological polar surface area (TPSA) is 82.6 Å². The van der Waals surface area contributed by atoms with Gasteiger partial charge in [-0.25, -0.2) is 9.97 Å². The first kappa shape index (κ1) is 16.2. The quantitative estimate of drug-likeness (QED) is 0.848. The number of amides is 1. The SMILES string of the molecule is COC[C@H]1[C@@H](NC(=O)COc2ncnc3ccccc23)[C@@H]2CCO[C@@H]21. The maximum Gasteiger partial charge on any atom is 0.258 e. The molecule has 4 rings (SSSR count). The van der Waals surface area contributed by atoms with Crippen molar-refractivity contribution in [3.05, 3.63) is 30.6 Å². The van der Waals surface area contributed by atoms with Crippen molar-refractivity contribution in [3.63, 3.8) is 0 Å². The molecule has 2 heterocycles. The third-order valence-electron chi connectivity index (χ3n) is 5.06. The number of ether oxygens (including phenoxy) is 3. The van der Waals surface area contributed by atoms with Gasteiger partial charge in [-0.2, -0.15) is 0 Å². The number of aromatic nitrogens is 2. The van der Waals surface area contributed by atoms with E-state index < -0.39 is 0 Å². The third-order valence-corrected chi connectivity index (χ3v) is 5.06. The van der Waals surface area contributed by atoms with Crippen LogP contribution in [0.3, 0.4) is 0 Å². The summed E-state index contributed by atoms with van der Waals surface area (Å²) in [7, 11) is 1.67. The smallest absolute Gasteiger partial charge is 0.258 e. The lowest BCUT2D eigenvalue weighted by Gasteiger charge is -2.47. The molecule has 1 aliphatic heterocycles. The van der Waals surface area contributed by atoms with Crippen LogP contribution in [-0.2, 0) is 14.3 Å². The summed E-state index contributed by atoms with van der Waals surface area (Å²) in [6.07, 6.45) is 2.63. The molecule has 0 radical (unpaired) electrons. The molecule has 4 atom stereocenters. The van der Waals surface area contributed by atoms with Crippen LogP contribution in [0.15, 0.2) is 30.6 Å². The predicted octanol–water partition coefficient (Wildman–Crippen LogP) is 1.17. The molecule has 1 N–H and O–H groups in total. The van der Waals surface area contributed by atoms with E-state index in [1.807, 2.05) is 24.3 Å². The summed E-state index contributed by atoms with van der Waals surface area (Å²) in [5, 5.41) is 3.87. The first-order valence-electron chi connectivity index (χ1n) is 8.50. The summed E-state index contributed by atoms with van der Waals surface area (Å²) < 4.78 is 16.6. The van der Waals surface area contributed by atoms with Crippen LogP contribution in [0.1, 0.15) is 6.42 Å². The minimum absolute atomic E-state index is 0.0740. The Hall–Kier alpha value is -2.25. The van der Waals surface area contributed by atoms with E-state index in [9.17, 15) is 4.79 Å². The Bertz CT molecular complexity index is 764. The van der Waals surface area contributed by atoms with Crippen molar-refractivity contribution in [2.45, 2.75) is 18.6 Å². The highest BCUT2D eigenvalue weighted by Crippen LogP contribution is 2.43. The number of hydrogen-bond acceptors (Lipinski definition) is 6. The lowest BCUT2D eigenvalue weighted by atomic mass is 9.67. The third kappa shape index (κ3) is 3.05. The molecule has 1 saturated heterocycles. The second kappa shape index (κ2) is 6.93. The standard InChI is InChI=1S/C18H21N3O4/c1-23-8-13-16(12-6-7-24-17(12)13)21-15(22)9-25-18-11-4-2-3-5-14(11)19-10-20-18/h2-5,10,12-13,16-17H,6-9H2,1H3,(H,21,22)/t12-,13-,16-,17-/m0/s1. The summed E-state index contributed by atoms with van der Waals surface area (Å²) in [6.45, 7) is 1.27. The molecule has 2 aliphatic rings. The summed E-state index contributed by atoms with van der Waals surface area (Å²) in [5.74, 6) is 0.856. The van der Waals surface area contributed by atoms with E-state index >= 15 is 0 Å². The van der Waals surface area contributed by atoms with E-state index in [1.54, 1.807) is 7.11 Å². The maximum absolute atomic E-state index is 12.3. The van der Waals surface area contributed by atoms with Crippen molar-refractivity contribution in [2.75, 3.05) is 26.9 Å². The van der Waals surface area contributed by atoms with Gasteiger partial charge in [0.15, 0.2) is 6.61 Å². The number of nitrogens with zero attached hydrogens (tertiary/aromatic N) is 2. The zero-order chi connectivity index (χ0) is 17.2. The Kier molecular flexibility index (Phi) is 4.50. The normalized spacial score (nSPS) is 27.6. The van der Waals surface area contributed by atoms with E-state index in [0.29, 0.717) is 18.4 Å². The Morgan fingerprint density at radius 2 is 2.24 bits per heavy atom. The van der Waals surface area contributed by atoms with Crippen LogP contribution < -0.4 is 10.1 Å². The highest BCUT2D eigenvalue weighted by molar-refractivity contribution is 5.84. The van der Waals surface area contributed by atoms with Crippen molar-refractivity contribution < 1.29 is 19.0 Å². The highest BCUT2D eigenvalue weighted by Gasteiger charge is 2.54. The number of hydrogen-bond donors (Lipinski definition) is 1. The lowest BCUT2D eigenvalue weighted by molar-refractivity contribution is -0.131. The van der Waals surface area contributed by atoms with Crippen LogP contribution in [0.5, 0.6) is 5.88 Å². The maximum atomic E-state index is 12.3. The molecule has 2 fully saturated rings. The Labute approximate surface area is 145 Å². The summed E-state index contributed by atoms with van der Waals surface area (Å²) in [4.78, 5) is 20.7. The van der Waals surface area contributed by atoms with Crippen LogP contribution in [0.2, 0.25) is 0 Å². The monoisotopic (exact) mass is 343 g/mol. The van der Waals surface area contributed by atoms with E-state index in [1.165, 1.54) is 6.33 Å². The van der Waals surface area contributed by atoms with Crippen molar-refractivity contribution in [1.82, 2.24) is 15.3 Å². The van der Waals surface area contributed by atoms with Gasteiger partial charge in [-0.1, -0.05) is 12.1 Å². The number of carbonyl (C=O) groups excluding carboxylic acids is 1. The molecule has 7 heteroatoms. The average Bonchev–Trinajstić information content (AvgIpc) is 3.07. The zero-order valence-corrected chi connectivity index (χ0v) is 14.1. The molecular formula is C18H21N3O4. The number of carbonyl (C=O) groups is 1. The second-order valence-corrected chi connectivity index (χ2v) is 6.49. The number of fused-ring (bicyclic) bond motifs is 2. The molecule has 2 aromatic rings. The van der Waals surface area contributed by atoms with Gasteiger partial charge in [0.25, 0.3) is 5.91 Å². The van der Waals surface area contributed by atoms with E-state index in [2.05, 4.69) is 15.3 Å². The Balaban J connectivity index is 1.37. The highest BCUT2D eigenvalue weighted by atomic mass is 16.5. The first-order chi connectivity index (χ1) is 12.3. The molecule has 132 valence electrons. The van der Waals surface area contributed by atoms with Crippen molar-refractivity contribution in [3.8, 4) is 5.88 Å². The minimum Gasteiger partial charge on any atom is -0.467 e. The van der Waals surface area contributed by atoms with Crippen LogP contribution in [-0.4, -0.2) is 55.0 Å². The molecule has 1 aromatic carbocycles. The average molecular weight is 343 g/mol. The molecule has 0 bridgehead atoms. The number of methoxy groups -OCH3 is 1. The molecule has 0 spiro atoms. The first-order valence-corrected chi connectivity index (χ1v) is 8.50. The molecular weight excluding hydrogens is 322 g/mol. The fraction of sp³-hybridized carbons (Fsp3) is 0.500. The number of rotatable bonds is 6. The number of para-hydroxylation sites is 1. The van der Waals surface area contributed by atoms with Gasteiger partial charge in [-0.3, -0.25) is 4.79 Å². The second-order valence-electron chi connectivity index (χ2n) is 6.49. The summed E-state index contributed by atoms with van der Waals surface area (Å²) in [6, 6.07) is 7.64. The van der Waals surface area contributed by atoms with Crippen LogP contribution in [0.25, 0.3) is 10.9 Å². The lowest BCUT2D eigenvalue weighted by Crippen LogP contribution is -2.63. The van der Waals surface area contributed by atoms with E-state index in [4.69, 9.17) is 14.2 Å². The molecule has 25 heavy (non-hydrogen) atoms. The molecule has 1 saturated carbocycles. The van der Waals surface area contributed by atoms with Crippen LogP contribution in [0.4, 0.5) is 0 Å². The largest absolute Gasteiger partial charge is 0.467 e. The van der Waals surface area contributed by atoms with Crippen molar-refractivity contribution >= 4 is 16.8 Å². The zero-order valence-electron chi connectivity index (χ0n) is 14.1. The predicted molar refractivity (Wildman–Crippen MR) is 90.2 cm³/mol. The van der Waals surface area contributed by atoms with Crippen molar-refractivity contribution in [1.29, 1.82) is 0 Å². The van der Waals surface area contributed by atoms with Gasteiger partial charge in [0.2, 0.25) is 5.88 Å². The van der Waals surface area contributed by atoms with Crippen molar-refractivity contribution in [2.24, 2.45) is 11.8 Å². The Morgan fingerprint density at radius 3 is 3.12 bits per heavy atom. The number of benzene rings is 1. The van der Waals surface area contributed by atoms with Crippen LogP contribution >= 0.6 is 0 Å². The van der Waals surface area contributed by atoms with Gasteiger partial charge in [0.05, 0.1) is 23.6 Å². The summed E-state index contributed by atoms with van der Waals surface area (Å²) in [5.41, 5.74) is 0.790. The minimum atomic E-state index is -0.154. The van der Waals surface area contributed by atoms with Gasteiger partial charge < -0.3 is 19.5 Å². The van der Waals surface area contributed by atoms with Gasteiger partial charge in [-0.15, -0.1) is 0 Å². The van der Waals surface area contributed by atoms with Gasteiger partial charge in [0, 0.05) is 31.6 Å². The molecule has 1 aromatic heterocycles. The molecule has 7 nitrogen and oxygen atoms in total. The van der Waals surface area contributed by atoms with Crippen LogP contribution in [0, 0.1) is 11.8 Å².